The summed E-state index contributed by atoms with van der Waals surface area (Å²) in [7, 11) is 0. The van der Waals surface area contributed by atoms with E-state index in [0.29, 0.717) is 0 Å². The average molecular weight is 152 g/mol. The fourth-order valence-corrected chi connectivity index (χ4v) is 1.93. The number of allylic oxidation sites excluding steroid dienone is 2. The van der Waals surface area contributed by atoms with Gasteiger partial charge in [0.1, 0.15) is 0 Å². The van der Waals surface area contributed by atoms with Crippen molar-refractivity contribution < 1.29 is 0 Å². The molecule has 0 aliphatic heterocycles. The summed E-state index contributed by atoms with van der Waals surface area (Å²) in [4.78, 5) is 0. The summed E-state index contributed by atoms with van der Waals surface area (Å²) in [5.74, 6) is 0.998. The van der Waals surface area contributed by atoms with Crippen molar-refractivity contribution in [1.29, 1.82) is 0 Å². The molecule has 0 aromatic heterocycles. The highest BCUT2D eigenvalue weighted by atomic mass is 14.1. The van der Waals surface area contributed by atoms with Crippen LogP contribution < -0.4 is 0 Å². The van der Waals surface area contributed by atoms with Crippen molar-refractivity contribution in [1.82, 2.24) is 0 Å². The van der Waals surface area contributed by atoms with Crippen LogP contribution in [0.5, 0.6) is 0 Å². The van der Waals surface area contributed by atoms with Gasteiger partial charge in [0.15, 0.2) is 0 Å². The van der Waals surface area contributed by atoms with Gasteiger partial charge in [0.05, 0.1) is 0 Å². The average Bonchev–Trinajstić information content (AvgIpc) is 2.17. The van der Waals surface area contributed by atoms with Gasteiger partial charge in [-0.3, -0.25) is 0 Å². The van der Waals surface area contributed by atoms with E-state index >= 15 is 0 Å². The summed E-state index contributed by atoms with van der Waals surface area (Å²) >= 11 is 0. The van der Waals surface area contributed by atoms with Gasteiger partial charge in [-0.2, -0.15) is 0 Å². The minimum Gasteiger partial charge on any atom is -0.0853 e. The molecule has 0 nitrogen and oxygen atoms in total. The molecule has 0 N–H and O–H groups in total. The van der Waals surface area contributed by atoms with Crippen LogP contribution in [-0.2, 0) is 0 Å². The summed E-state index contributed by atoms with van der Waals surface area (Å²) in [5, 5.41) is 0. The van der Waals surface area contributed by atoms with Gasteiger partial charge in [-0.15, -0.1) is 0 Å². The van der Waals surface area contributed by atoms with Crippen molar-refractivity contribution in [2.24, 2.45) is 5.92 Å². The van der Waals surface area contributed by atoms with Crippen molar-refractivity contribution >= 4 is 0 Å². The highest BCUT2D eigenvalue weighted by molar-refractivity contribution is 5.00. The minimum atomic E-state index is 0.998. The maximum atomic E-state index is 2.45. The zero-order chi connectivity index (χ0) is 8.10. The second-order valence-corrected chi connectivity index (χ2v) is 3.83. The molecule has 11 heavy (non-hydrogen) atoms. The van der Waals surface area contributed by atoms with E-state index in [0.717, 1.165) is 5.92 Å². The summed E-state index contributed by atoms with van der Waals surface area (Å²) in [6.07, 6.45) is 10.8. The second kappa shape index (κ2) is 4.58. The third-order valence-corrected chi connectivity index (χ3v) is 2.68. The lowest BCUT2D eigenvalue weighted by Gasteiger charge is -2.10. The maximum Gasteiger partial charge on any atom is -0.0320 e. The molecule has 0 saturated heterocycles. The molecule has 64 valence electrons. The Kier molecular flexibility index (Phi) is 3.68. The Bertz CT molecular complexity index is 133. The van der Waals surface area contributed by atoms with E-state index in [-0.39, 0.29) is 0 Å². The Morgan fingerprint density at radius 2 is 2.36 bits per heavy atom. The lowest BCUT2D eigenvalue weighted by atomic mass is 9.96. The van der Waals surface area contributed by atoms with Crippen LogP contribution in [0.4, 0.5) is 0 Å². The van der Waals surface area contributed by atoms with Gasteiger partial charge >= 0.3 is 0 Å². The van der Waals surface area contributed by atoms with E-state index in [4.69, 9.17) is 0 Å². The van der Waals surface area contributed by atoms with Crippen molar-refractivity contribution in [3.8, 4) is 0 Å². The molecular formula is C11H20. The fourth-order valence-electron chi connectivity index (χ4n) is 1.93. The molecular weight excluding hydrogens is 132 g/mol. The van der Waals surface area contributed by atoms with Crippen LogP contribution in [0.2, 0.25) is 0 Å². The quantitative estimate of drug-likeness (QED) is 0.526. The van der Waals surface area contributed by atoms with Crippen molar-refractivity contribution in [3.05, 3.63) is 11.6 Å². The van der Waals surface area contributed by atoms with Crippen LogP contribution in [0.25, 0.3) is 0 Å². The molecule has 0 radical (unpaired) electrons. The van der Waals surface area contributed by atoms with Crippen LogP contribution >= 0.6 is 0 Å². The lowest BCUT2D eigenvalue weighted by molar-refractivity contribution is 0.446. The van der Waals surface area contributed by atoms with Crippen molar-refractivity contribution in [2.75, 3.05) is 0 Å². The summed E-state index contributed by atoms with van der Waals surface area (Å²) in [6, 6.07) is 0. The molecule has 0 spiro atoms. The molecule has 1 aliphatic rings. The second-order valence-electron chi connectivity index (χ2n) is 3.83. The molecule has 0 heteroatoms. The minimum absolute atomic E-state index is 0.998. The fraction of sp³-hybridized carbons (Fsp3) is 0.818. The van der Waals surface area contributed by atoms with Gasteiger partial charge in [0.2, 0.25) is 0 Å². The third-order valence-electron chi connectivity index (χ3n) is 2.68. The zero-order valence-corrected chi connectivity index (χ0v) is 7.90. The number of rotatable bonds is 2. The SMILES string of the molecule is CCCC1CC=C(C)CCC1. The predicted molar refractivity (Wildman–Crippen MR) is 50.6 cm³/mol. The molecule has 1 atom stereocenters. The normalized spacial score (nSPS) is 26.0. The van der Waals surface area contributed by atoms with Gasteiger partial charge in [0.25, 0.3) is 0 Å². The standard InChI is InChI=1S/C11H20/c1-3-5-11-7-4-6-10(2)8-9-11/h8,11H,3-7,9H2,1-2H3. The lowest BCUT2D eigenvalue weighted by Crippen LogP contribution is -1.96. The number of hydrogen-bond donors (Lipinski definition) is 0. The highest BCUT2D eigenvalue weighted by Crippen LogP contribution is 2.25. The van der Waals surface area contributed by atoms with Crippen molar-refractivity contribution in [2.45, 2.75) is 52.4 Å². The smallest absolute Gasteiger partial charge is 0.0320 e. The predicted octanol–water partition coefficient (Wildman–Crippen LogP) is 3.92. The molecule has 1 unspecified atom stereocenters. The first-order valence-electron chi connectivity index (χ1n) is 4.98. The molecule has 0 heterocycles. The monoisotopic (exact) mass is 152 g/mol. The van der Waals surface area contributed by atoms with E-state index < -0.39 is 0 Å². The van der Waals surface area contributed by atoms with Crippen LogP contribution in [0.1, 0.15) is 52.4 Å². The van der Waals surface area contributed by atoms with Crippen LogP contribution in [0.3, 0.4) is 0 Å². The van der Waals surface area contributed by atoms with Gasteiger partial charge in [-0.1, -0.05) is 31.4 Å². The van der Waals surface area contributed by atoms with Gasteiger partial charge in [-0.25, -0.2) is 0 Å². The summed E-state index contributed by atoms with van der Waals surface area (Å²) in [5.41, 5.74) is 1.61. The van der Waals surface area contributed by atoms with E-state index in [1.165, 1.54) is 38.5 Å². The molecule has 0 fully saturated rings. The Morgan fingerprint density at radius 3 is 3.09 bits per heavy atom. The molecule has 0 saturated carbocycles. The van der Waals surface area contributed by atoms with Crippen LogP contribution in [-0.4, -0.2) is 0 Å². The largest absolute Gasteiger partial charge is 0.0853 e. The summed E-state index contributed by atoms with van der Waals surface area (Å²) in [6.45, 7) is 4.57. The Balaban J connectivity index is 2.34. The van der Waals surface area contributed by atoms with E-state index in [1.54, 1.807) is 5.57 Å². The van der Waals surface area contributed by atoms with Gasteiger partial charge in [-0.05, 0) is 38.5 Å². The third kappa shape index (κ3) is 3.09. The van der Waals surface area contributed by atoms with Crippen molar-refractivity contribution in [3.63, 3.8) is 0 Å². The molecule has 0 bridgehead atoms. The Morgan fingerprint density at radius 1 is 1.55 bits per heavy atom. The van der Waals surface area contributed by atoms with Crippen LogP contribution in [0, 0.1) is 5.92 Å². The molecule has 0 aromatic rings. The Hall–Kier alpha value is -0.260. The Labute approximate surface area is 70.7 Å². The topological polar surface area (TPSA) is 0 Å². The first-order chi connectivity index (χ1) is 5.33. The summed E-state index contributed by atoms with van der Waals surface area (Å²) < 4.78 is 0. The van der Waals surface area contributed by atoms with E-state index in [9.17, 15) is 0 Å². The molecule has 0 amide bonds. The first-order valence-corrected chi connectivity index (χ1v) is 4.98. The zero-order valence-electron chi connectivity index (χ0n) is 7.90. The van der Waals surface area contributed by atoms with Gasteiger partial charge in [0, 0.05) is 0 Å². The molecule has 0 aromatic carbocycles. The maximum absolute atomic E-state index is 2.45. The highest BCUT2D eigenvalue weighted by Gasteiger charge is 2.09. The van der Waals surface area contributed by atoms with E-state index in [2.05, 4.69) is 19.9 Å². The molecule has 1 aliphatic carbocycles. The van der Waals surface area contributed by atoms with Gasteiger partial charge < -0.3 is 0 Å². The first kappa shape index (κ1) is 8.83. The molecule has 1 rings (SSSR count). The van der Waals surface area contributed by atoms with Crippen LogP contribution in [0.15, 0.2) is 11.6 Å². The number of hydrogen-bond acceptors (Lipinski definition) is 0. The van der Waals surface area contributed by atoms with E-state index in [1.807, 2.05) is 0 Å².